The van der Waals surface area contributed by atoms with E-state index in [0.717, 1.165) is 34.5 Å². The van der Waals surface area contributed by atoms with Gasteiger partial charge in [0.25, 0.3) is 0 Å². The Kier molecular flexibility index (Phi) is 7.79. The molecule has 5 rings (SSSR count). The van der Waals surface area contributed by atoms with Crippen LogP contribution in [0.3, 0.4) is 0 Å². The number of aromatic hydroxyl groups is 1. The molecular formula is C32H34N6O. The lowest BCUT2D eigenvalue weighted by atomic mass is 9.84. The molecule has 0 fully saturated rings. The van der Waals surface area contributed by atoms with Crippen molar-refractivity contribution in [2.45, 2.75) is 39.3 Å². The van der Waals surface area contributed by atoms with Crippen LogP contribution in [0.1, 0.15) is 43.3 Å². The number of nitrogens with one attached hydrogen (secondary N) is 1. The molecule has 3 aromatic heterocycles. The number of benzene rings is 2. The molecule has 198 valence electrons. The molecule has 0 saturated heterocycles. The number of hydrogen-bond donors (Lipinski definition) is 2. The highest BCUT2D eigenvalue weighted by Gasteiger charge is 2.20. The van der Waals surface area contributed by atoms with Crippen molar-refractivity contribution in [2.75, 3.05) is 13.1 Å². The molecule has 0 radical (unpaired) electrons. The van der Waals surface area contributed by atoms with Gasteiger partial charge in [-0.1, -0.05) is 45.0 Å². The number of para-hydroxylation sites is 2. The number of aliphatic imine (C=N–C) groups is 1. The Morgan fingerprint density at radius 2 is 1.56 bits per heavy atom. The molecule has 0 atom stereocenters. The molecule has 39 heavy (non-hydrogen) atoms. The highest BCUT2D eigenvalue weighted by Crippen LogP contribution is 2.36. The van der Waals surface area contributed by atoms with Gasteiger partial charge < -0.3 is 10.1 Å². The van der Waals surface area contributed by atoms with E-state index in [0.29, 0.717) is 36.6 Å². The zero-order valence-electron chi connectivity index (χ0n) is 22.7. The fourth-order valence-corrected chi connectivity index (χ4v) is 4.47. The smallest absolute Gasteiger partial charge is 0.142 e. The number of nitrogens with zero attached hydrogens (tertiary/aromatic N) is 5. The minimum Gasteiger partial charge on any atom is -0.506 e. The van der Waals surface area contributed by atoms with Gasteiger partial charge in [-0.25, -0.2) is 4.98 Å². The molecule has 3 heterocycles. The Hall–Kier alpha value is -4.36. The van der Waals surface area contributed by atoms with Crippen molar-refractivity contribution in [2.24, 2.45) is 4.99 Å². The first-order chi connectivity index (χ1) is 18.9. The summed E-state index contributed by atoms with van der Waals surface area (Å²) in [6.45, 7) is 9.18. The number of H-pyrrole nitrogens is 1. The summed E-state index contributed by atoms with van der Waals surface area (Å²) in [4.78, 5) is 24.1. The van der Waals surface area contributed by atoms with Gasteiger partial charge in [0.2, 0.25) is 0 Å². The van der Waals surface area contributed by atoms with Crippen LogP contribution in [-0.2, 0) is 18.5 Å². The summed E-state index contributed by atoms with van der Waals surface area (Å²) in [5.41, 5.74) is 6.15. The van der Waals surface area contributed by atoms with E-state index < -0.39 is 0 Å². The zero-order valence-corrected chi connectivity index (χ0v) is 22.7. The summed E-state index contributed by atoms with van der Waals surface area (Å²) in [7, 11) is 0. The fraction of sp³-hybridized carbons (Fsp3) is 0.250. The van der Waals surface area contributed by atoms with E-state index in [1.807, 2.05) is 85.2 Å². The Morgan fingerprint density at radius 3 is 2.18 bits per heavy atom. The Bertz CT molecular complexity index is 1480. The number of phenolic OH excluding ortho intramolecular Hbond substituents is 1. The van der Waals surface area contributed by atoms with Crippen LogP contribution in [0, 0.1) is 0 Å². The molecule has 0 saturated carbocycles. The van der Waals surface area contributed by atoms with E-state index in [1.54, 1.807) is 6.21 Å². The first kappa shape index (κ1) is 26.3. The highest BCUT2D eigenvalue weighted by molar-refractivity contribution is 5.89. The lowest BCUT2D eigenvalue weighted by Crippen LogP contribution is -2.26. The summed E-state index contributed by atoms with van der Waals surface area (Å²) in [5.74, 6) is 0.816. The van der Waals surface area contributed by atoms with E-state index in [4.69, 9.17) is 9.98 Å². The molecular weight excluding hydrogens is 484 g/mol. The predicted octanol–water partition coefficient (Wildman–Crippen LogP) is 6.14. The zero-order chi connectivity index (χ0) is 27.2. The third-order valence-electron chi connectivity index (χ3n) is 6.65. The van der Waals surface area contributed by atoms with Crippen LogP contribution in [0.5, 0.6) is 5.75 Å². The van der Waals surface area contributed by atoms with Gasteiger partial charge in [-0.3, -0.25) is 19.9 Å². The molecule has 7 nitrogen and oxygen atoms in total. The topological polar surface area (TPSA) is 90.3 Å². The quantitative estimate of drug-likeness (QED) is 0.229. The Labute approximate surface area is 229 Å². The minimum atomic E-state index is -0.112. The lowest BCUT2D eigenvalue weighted by molar-refractivity contribution is 0.258. The van der Waals surface area contributed by atoms with Gasteiger partial charge >= 0.3 is 0 Å². The van der Waals surface area contributed by atoms with Crippen molar-refractivity contribution >= 4 is 17.2 Å². The molecule has 0 aliphatic carbocycles. The van der Waals surface area contributed by atoms with Crippen molar-refractivity contribution in [3.63, 3.8) is 0 Å². The van der Waals surface area contributed by atoms with E-state index in [-0.39, 0.29) is 11.2 Å². The maximum Gasteiger partial charge on any atom is 0.142 e. The fourth-order valence-electron chi connectivity index (χ4n) is 4.47. The number of pyridine rings is 2. The summed E-state index contributed by atoms with van der Waals surface area (Å²) in [6, 6.07) is 23.8. The van der Waals surface area contributed by atoms with Crippen molar-refractivity contribution in [1.29, 1.82) is 0 Å². The molecule has 0 bridgehead atoms. The Morgan fingerprint density at radius 1 is 0.897 bits per heavy atom. The number of hydrogen-bond acceptors (Lipinski definition) is 6. The van der Waals surface area contributed by atoms with Crippen LogP contribution >= 0.6 is 0 Å². The van der Waals surface area contributed by atoms with Gasteiger partial charge in [-0.15, -0.1) is 0 Å². The third-order valence-corrected chi connectivity index (χ3v) is 6.65. The van der Waals surface area contributed by atoms with Crippen molar-refractivity contribution in [1.82, 2.24) is 24.8 Å². The number of phenols is 1. The predicted molar refractivity (Wildman–Crippen MR) is 157 cm³/mol. The maximum atomic E-state index is 11.3. The summed E-state index contributed by atoms with van der Waals surface area (Å²) >= 11 is 0. The maximum absolute atomic E-state index is 11.3. The number of rotatable bonds is 9. The average molecular weight is 519 g/mol. The van der Waals surface area contributed by atoms with Gasteiger partial charge in [0.15, 0.2) is 0 Å². The Balaban J connectivity index is 1.38. The number of aromatic nitrogens is 4. The molecule has 5 aromatic rings. The first-order valence-electron chi connectivity index (χ1n) is 13.2. The largest absolute Gasteiger partial charge is 0.506 e. The van der Waals surface area contributed by atoms with Crippen LogP contribution < -0.4 is 0 Å². The van der Waals surface area contributed by atoms with Gasteiger partial charge in [-0.2, -0.15) is 0 Å². The lowest BCUT2D eigenvalue weighted by Gasteiger charge is -2.21. The molecule has 0 aliphatic heterocycles. The van der Waals surface area contributed by atoms with Crippen LogP contribution in [-0.4, -0.2) is 49.2 Å². The van der Waals surface area contributed by atoms with Crippen LogP contribution in [0.15, 0.2) is 90.2 Å². The molecule has 2 aromatic carbocycles. The van der Waals surface area contributed by atoms with Crippen molar-refractivity contribution < 1.29 is 5.11 Å². The number of fused-ring (bicyclic) bond motifs is 1. The van der Waals surface area contributed by atoms with Gasteiger partial charge in [0, 0.05) is 43.8 Å². The van der Waals surface area contributed by atoms with Crippen LogP contribution in [0.4, 0.5) is 0 Å². The summed E-state index contributed by atoms with van der Waals surface area (Å²) < 4.78 is 0. The minimum absolute atomic E-state index is 0.112. The summed E-state index contributed by atoms with van der Waals surface area (Å²) in [5, 5.41) is 11.3. The first-order valence-corrected chi connectivity index (χ1v) is 13.2. The van der Waals surface area contributed by atoms with Gasteiger partial charge in [0.1, 0.15) is 11.6 Å². The second-order valence-electron chi connectivity index (χ2n) is 10.7. The third kappa shape index (κ3) is 6.56. The van der Waals surface area contributed by atoms with Crippen molar-refractivity contribution in [3.05, 3.63) is 108 Å². The van der Waals surface area contributed by atoms with Crippen LogP contribution in [0.25, 0.3) is 22.4 Å². The molecule has 0 aliphatic rings. The van der Waals surface area contributed by atoms with Crippen molar-refractivity contribution in [3.8, 4) is 17.1 Å². The molecule has 7 heteroatoms. The molecule has 0 amide bonds. The van der Waals surface area contributed by atoms with Crippen LogP contribution in [0.2, 0.25) is 0 Å². The van der Waals surface area contributed by atoms with E-state index in [2.05, 4.69) is 40.6 Å². The number of imidazole rings is 1. The van der Waals surface area contributed by atoms with E-state index in [1.165, 1.54) is 0 Å². The second-order valence-corrected chi connectivity index (χ2v) is 10.7. The summed E-state index contributed by atoms with van der Waals surface area (Å²) in [6.07, 6.45) is 5.41. The standard InChI is InChI=1S/C32H34N6O/c1-32(2,3)24-18-23(30(39)27(19-24)31-36-28-12-4-5-13-29(28)37-31)20-33-16-17-38(21-25-10-6-8-14-34-25)22-26-11-7-9-15-35-26/h4-15,18-20,39H,16-17,21-22H2,1-3H3,(H,36,37). The number of aromatic amines is 1. The monoisotopic (exact) mass is 518 g/mol. The highest BCUT2D eigenvalue weighted by atomic mass is 16.3. The SMILES string of the molecule is CC(C)(C)c1cc(C=NCCN(Cc2ccccn2)Cc2ccccn2)c(O)c(-c2nc3ccccc3[nH]2)c1. The molecule has 0 spiro atoms. The van der Waals surface area contributed by atoms with E-state index >= 15 is 0 Å². The normalized spacial score (nSPS) is 12.1. The molecule has 2 N–H and O–H groups in total. The molecule has 0 unspecified atom stereocenters. The van der Waals surface area contributed by atoms with Gasteiger partial charge in [0.05, 0.1) is 34.5 Å². The van der Waals surface area contributed by atoms with E-state index in [9.17, 15) is 5.11 Å². The van der Waals surface area contributed by atoms with Gasteiger partial charge in [-0.05, 0) is 59.5 Å². The second kappa shape index (κ2) is 11.6. The average Bonchev–Trinajstić information content (AvgIpc) is 3.36.